The summed E-state index contributed by atoms with van der Waals surface area (Å²) in [6.45, 7) is 0. The number of para-hydroxylation sites is 2. The molecule has 62 heavy (non-hydrogen) atoms. The Hall–Kier alpha value is -8.08. The zero-order chi connectivity index (χ0) is 40.8. The van der Waals surface area contributed by atoms with Gasteiger partial charge in [0.05, 0.1) is 39.8 Å². The van der Waals surface area contributed by atoms with Crippen molar-refractivity contribution in [2.24, 2.45) is 4.99 Å². The highest BCUT2D eigenvalue weighted by Gasteiger charge is 2.51. The SMILES string of the molecule is c1ccc(C2=Nc3cc(-c4ccc(-c5nc6ccccc6c6cc7c(cc56)Oc5ccccc5C75c6ccccc6-c6ccccc65)cc4)ccc3NC2c2ccccc2)cc1. The van der Waals surface area contributed by atoms with Gasteiger partial charge in [-0.25, -0.2) is 9.98 Å². The maximum atomic E-state index is 6.95. The molecule has 1 atom stereocenters. The molecule has 0 saturated heterocycles. The summed E-state index contributed by atoms with van der Waals surface area (Å²) in [5, 5.41) is 7.13. The van der Waals surface area contributed by atoms with Crippen molar-refractivity contribution in [1.29, 1.82) is 0 Å². The summed E-state index contributed by atoms with van der Waals surface area (Å²) < 4.78 is 6.95. The number of aliphatic imine (C=N–C) groups is 1. The third-order valence-corrected chi connectivity index (χ3v) is 13.2. The molecule has 0 bridgehead atoms. The van der Waals surface area contributed by atoms with Gasteiger partial charge in [-0.15, -0.1) is 0 Å². The minimum Gasteiger partial charge on any atom is -0.457 e. The summed E-state index contributed by atoms with van der Waals surface area (Å²) in [7, 11) is 0. The van der Waals surface area contributed by atoms with Crippen LogP contribution in [0.15, 0.2) is 217 Å². The molecule has 10 aromatic rings. The number of ether oxygens (including phenoxy) is 1. The maximum absolute atomic E-state index is 6.95. The van der Waals surface area contributed by atoms with Crippen LogP contribution in [0, 0.1) is 0 Å². The van der Waals surface area contributed by atoms with Crippen molar-refractivity contribution in [3.8, 4) is 45.0 Å². The van der Waals surface area contributed by atoms with Gasteiger partial charge in [-0.2, -0.15) is 0 Å². The molecule has 290 valence electrons. The second kappa shape index (κ2) is 13.5. The zero-order valence-corrected chi connectivity index (χ0v) is 33.6. The fourth-order valence-corrected chi connectivity index (χ4v) is 10.4. The normalized spacial score (nSPS) is 15.1. The van der Waals surface area contributed by atoms with Crippen molar-refractivity contribution in [3.63, 3.8) is 0 Å². The van der Waals surface area contributed by atoms with E-state index in [1.807, 2.05) is 6.07 Å². The Labute approximate surface area is 359 Å². The fourth-order valence-electron chi connectivity index (χ4n) is 10.4. The number of rotatable bonds is 4. The first-order valence-electron chi connectivity index (χ1n) is 21.3. The highest BCUT2D eigenvalue weighted by molar-refractivity contribution is 6.13. The number of aromatic nitrogens is 1. The van der Waals surface area contributed by atoms with Gasteiger partial charge in [-0.1, -0.05) is 176 Å². The van der Waals surface area contributed by atoms with E-state index < -0.39 is 5.41 Å². The van der Waals surface area contributed by atoms with E-state index in [2.05, 4.69) is 212 Å². The van der Waals surface area contributed by atoms with Crippen LogP contribution < -0.4 is 10.1 Å². The lowest BCUT2D eigenvalue weighted by molar-refractivity contribution is 0.437. The van der Waals surface area contributed by atoms with Crippen molar-refractivity contribution in [2.45, 2.75) is 11.5 Å². The number of fused-ring (bicyclic) bond motifs is 13. The molecule has 3 heterocycles. The number of hydrogen-bond acceptors (Lipinski definition) is 4. The third-order valence-electron chi connectivity index (χ3n) is 13.2. The molecule has 0 radical (unpaired) electrons. The van der Waals surface area contributed by atoms with Crippen LogP contribution in [0.4, 0.5) is 11.4 Å². The first-order valence-corrected chi connectivity index (χ1v) is 21.3. The molecule has 1 unspecified atom stereocenters. The molecule has 13 rings (SSSR count). The summed E-state index contributed by atoms with van der Waals surface area (Å²) >= 11 is 0. The van der Waals surface area contributed by atoms with Gasteiger partial charge in [0.2, 0.25) is 0 Å². The Morgan fingerprint density at radius 2 is 1.06 bits per heavy atom. The van der Waals surface area contributed by atoms with Crippen LogP contribution in [0.3, 0.4) is 0 Å². The average Bonchev–Trinajstić information content (AvgIpc) is 3.64. The van der Waals surface area contributed by atoms with E-state index in [9.17, 15) is 0 Å². The summed E-state index contributed by atoms with van der Waals surface area (Å²) in [5.41, 5.74) is 17.2. The van der Waals surface area contributed by atoms with Gasteiger partial charge >= 0.3 is 0 Å². The van der Waals surface area contributed by atoms with E-state index in [-0.39, 0.29) is 6.04 Å². The molecule has 1 aromatic heterocycles. The van der Waals surface area contributed by atoms with Crippen molar-refractivity contribution in [2.75, 3.05) is 5.32 Å². The van der Waals surface area contributed by atoms with Crippen LogP contribution in [0.25, 0.3) is 55.2 Å². The van der Waals surface area contributed by atoms with Gasteiger partial charge in [0.15, 0.2) is 0 Å². The number of hydrogen-bond donors (Lipinski definition) is 1. The molecule has 0 fully saturated rings. The van der Waals surface area contributed by atoms with E-state index in [0.717, 1.165) is 89.3 Å². The Morgan fingerprint density at radius 3 is 1.84 bits per heavy atom. The van der Waals surface area contributed by atoms with Gasteiger partial charge in [0.25, 0.3) is 0 Å². The Morgan fingerprint density at radius 1 is 0.435 bits per heavy atom. The molecule has 3 aliphatic rings. The predicted octanol–water partition coefficient (Wildman–Crippen LogP) is 14.5. The monoisotopic (exact) mass is 791 g/mol. The molecule has 1 N–H and O–H groups in total. The van der Waals surface area contributed by atoms with Gasteiger partial charge in [-0.3, -0.25) is 0 Å². The topological polar surface area (TPSA) is 46.5 Å². The fraction of sp³-hybridized carbons (Fsp3) is 0.0345. The standard InChI is InChI=1S/C58H37N3O/c1-3-15-37(16-4-1)56-57(38-17-5-2-6-18-38)61-52-33-40(31-32-51(52)60-56)36-27-29-39(30-28-36)55-45-35-54-49(34-44(45)43-21-9-13-25-50(43)59-55)58(48-24-12-14-26-53(48)62-54)46-22-10-7-19-41(46)42-20-8-11-23-47(42)58/h1-35,56,60H. The van der Waals surface area contributed by atoms with Crippen LogP contribution >= 0.6 is 0 Å². The van der Waals surface area contributed by atoms with Crippen LogP contribution in [0.1, 0.15) is 39.4 Å². The van der Waals surface area contributed by atoms with Crippen molar-refractivity contribution in [3.05, 3.63) is 246 Å². The van der Waals surface area contributed by atoms with Crippen molar-refractivity contribution in [1.82, 2.24) is 4.98 Å². The van der Waals surface area contributed by atoms with Crippen LogP contribution in [0.2, 0.25) is 0 Å². The number of benzene rings is 9. The minimum absolute atomic E-state index is 0.0541. The van der Waals surface area contributed by atoms with Crippen LogP contribution in [-0.2, 0) is 5.41 Å². The Bertz CT molecular complexity index is 3420. The zero-order valence-electron chi connectivity index (χ0n) is 33.6. The maximum Gasteiger partial charge on any atom is 0.132 e. The molecule has 1 spiro atoms. The van der Waals surface area contributed by atoms with Gasteiger partial charge in [0, 0.05) is 27.5 Å². The largest absolute Gasteiger partial charge is 0.457 e. The molecule has 9 aromatic carbocycles. The lowest BCUT2D eigenvalue weighted by atomic mass is 9.65. The first-order chi connectivity index (χ1) is 30.7. The second-order valence-corrected chi connectivity index (χ2v) is 16.5. The highest BCUT2D eigenvalue weighted by Crippen LogP contribution is 2.62. The van der Waals surface area contributed by atoms with Crippen LogP contribution in [0.5, 0.6) is 11.5 Å². The number of nitrogens with zero attached hydrogens (tertiary/aromatic N) is 2. The molecular weight excluding hydrogens is 755 g/mol. The van der Waals surface area contributed by atoms with E-state index in [1.165, 1.54) is 27.8 Å². The second-order valence-electron chi connectivity index (χ2n) is 16.5. The Kier molecular flexibility index (Phi) is 7.55. The first kappa shape index (κ1) is 34.8. The highest BCUT2D eigenvalue weighted by atomic mass is 16.5. The smallest absolute Gasteiger partial charge is 0.132 e. The van der Waals surface area contributed by atoms with E-state index >= 15 is 0 Å². The van der Waals surface area contributed by atoms with Crippen molar-refractivity contribution >= 4 is 38.8 Å². The van der Waals surface area contributed by atoms with Crippen LogP contribution in [-0.4, -0.2) is 10.7 Å². The Balaban J connectivity index is 0.950. The van der Waals surface area contributed by atoms with E-state index in [1.54, 1.807) is 0 Å². The molecular formula is C58H37N3O. The lowest BCUT2D eigenvalue weighted by Crippen LogP contribution is -2.32. The predicted molar refractivity (Wildman–Crippen MR) is 253 cm³/mol. The summed E-state index contributed by atoms with van der Waals surface area (Å²) in [4.78, 5) is 10.7. The van der Waals surface area contributed by atoms with Crippen molar-refractivity contribution < 1.29 is 4.74 Å². The van der Waals surface area contributed by atoms with Gasteiger partial charge in [0.1, 0.15) is 11.5 Å². The summed E-state index contributed by atoms with van der Waals surface area (Å²) in [6, 6.07) is 75.8. The lowest BCUT2D eigenvalue weighted by Gasteiger charge is -2.39. The van der Waals surface area contributed by atoms with E-state index in [0.29, 0.717) is 0 Å². The van der Waals surface area contributed by atoms with Gasteiger partial charge < -0.3 is 10.1 Å². The number of pyridine rings is 1. The van der Waals surface area contributed by atoms with Gasteiger partial charge in [-0.05, 0) is 86.3 Å². The molecule has 0 amide bonds. The summed E-state index contributed by atoms with van der Waals surface area (Å²) in [6.07, 6.45) is 0. The van der Waals surface area contributed by atoms with E-state index in [4.69, 9.17) is 14.7 Å². The minimum atomic E-state index is -0.545. The average molecular weight is 792 g/mol. The number of nitrogens with one attached hydrogen (secondary N) is 1. The molecule has 1 aliphatic carbocycles. The quantitative estimate of drug-likeness (QED) is 0.181. The number of anilines is 1. The molecule has 2 aliphatic heterocycles. The summed E-state index contributed by atoms with van der Waals surface area (Å²) in [5.74, 6) is 1.73. The molecule has 4 nitrogen and oxygen atoms in total. The third kappa shape index (κ3) is 5.07. The molecule has 0 saturated carbocycles. The molecule has 4 heteroatoms.